The van der Waals surface area contributed by atoms with Gasteiger partial charge in [-0.05, 0) is 47.2 Å². The Morgan fingerprint density at radius 2 is 2.33 bits per heavy atom. The zero-order valence-electron chi connectivity index (χ0n) is 9.22. The van der Waals surface area contributed by atoms with E-state index >= 15 is 0 Å². The van der Waals surface area contributed by atoms with E-state index in [-0.39, 0.29) is 5.69 Å². The third-order valence-corrected chi connectivity index (χ3v) is 3.53. The highest BCUT2D eigenvalue weighted by molar-refractivity contribution is 7.99. The lowest BCUT2D eigenvalue weighted by atomic mass is 10.3. The molecule has 0 aliphatic heterocycles. The van der Waals surface area contributed by atoms with Gasteiger partial charge in [0, 0.05) is 11.1 Å². The number of carbonyl (C=O) groups is 1. The Balaban J connectivity index is 1.92. The van der Waals surface area contributed by atoms with Crippen molar-refractivity contribution < 1.29 is 9.90 Å². The van der Waals surface area contributed by atoms with Crippen molar-refractivity contribution in [2.24, 2.45) is 0 Å². The predicted molar refractivity (Wildman–Crippen MR) is 61.4 cm³/mol. The zero-order valence-corrected chi connectivity index (χ0v) is 10.0. The van der Waals surface area contributed by atoms with Gasteiger partial charge in [-0.25, -0.2) is 14.5 Å². The minimum Gasteiger partial charge on any atom is -0.476 e. The molecule has 0 spiro atoms. The molecule has 2 heterocycles. The molecule has 0 amide bonds. The Hall–Kier alpha value is -1.96. The molecule has 7 nitrogen and oxygen atoms in total. The first kappa shape index (κ1) is 11.1. The summed E-state index contributed by atoms with van der Waals surface area (Å²) < 4.78 is 1.74. The minimum absolute atomic E-state index is 0.0212. The lowest BCUT2D eigenvalue weighted by Gasteiger charge is -2.04. The number of aromatic nitrogens is 5. The smallest absolute Gasteiger partial charge is 0.355 e. The molecule has 0 atom stereocenters. The number of nitrogens with zero attached hydrogens (tertiary/aromatic N) is 5. The predicted octanol–water partition coefficient (Wildman–Crippen LogP) is 1.25. The fourth-order valence-electron chi connectivity index (χ4n) is 1.53. The molecule has 92 valence electrons. The summed E-state index contributed by atoms with van der Waals surface area (Å²) >= 11 is 1.23. The molecule has 2 aromatic rings. The van der Waals surface area contributed by atoms with Crippen LogP contribution < -0.4 is 0 Å². The first-order valence-corrected chi connectivity index (χ1v) is 6.21. The van der Waals surface area contributed by atoms with E-state index in [4.69, 9.17) is 5.11 Å². The Labute approximate surface area is 106 Å². The summed E-state index contributed by atoms with van der Waals surface area (Å²) in [4.78, 5) is 15.4. The van der Waals surface area contributed by atoms with Crippen molar-refractivity contribution in [1.82, 2.24) is 25.2 Å². The second kappa shape index (κ2) is 4.37. The first-order valence-electron chi connectivity index (χ1n) is 5.40. The van der Waals surface area contributed by atoms with Crippen LogP contribution in [0.5, 0.6) is 0 Å². The van der Waals surface area contributed by atoms with Gasteiger partial charge in [0.05, 0.1) is 6.04 Å². The number of carboxylic acids is 1. The van der Waals surface area contributed by atoms with Gasteiger partial charge in [-0.1, -0.05) is 0 Å². The van der Waals surface area contributed by atoms with E-state index in [9.17, 15) is 4.79 Å². The zero-order chi connectivity index (χ0) is 12.5. The van der Waals surface area contributed by atoms with E-state index in [1.807, 2.05) is 0 Å². The van der Waals surface area contributed by atoms with Gasteiger partial charge in [0.2, 0.25) is 5.16 Å². The van der Waals surface area contributed by atoms with Crippen LogP contribution in [0.2, 0.25) is 0 Å². The van der Waals surface area contributed by atoms with E-state index in [0.29, 0.717) is 16.1 Å². The van der Waals surface area contributed by atoms with Crippen LogP contribution in [0.3, 0.4) is 0 Å². The molecule has 2 aromatic heterocycles. The Kier molecular flexibility index (Phi) is 2.71. The number of aromatic carboxylic acids is 1. The van der Waals surface area contributed by atoms with Gasteiger partial charge in [0.1, 0.15) is 0 Å². The first-order chi connectivity index (χ1) is 8.75. The van der Waals surface area contributed by atoms with Crippen molar-refractivity contribution in [2.45, 2.75) is 28.9 Å². The van der Waals surface area contributed by atoms with Gasteiger partial charge < -0.3 is 5.11 Å². The quantitative estimate of drug-likeness (QED) is 0.887. The van der Waals surface area contributed by atoms with Gasteiger partial charge in [0.15, 0.2) is 5.69 Å². The SMILES string of the molecule is O=C(O)c1ncccc1Sc1nnnn1C1CC1. The van der Waals surface area contributed by atoms with Gasteiger partial charge in [0.25, 0.3) is 0 Å². The summed E-state index contributed by atoms with van der Waals surface area (Å²) in [6.45, 7) is 0. The summed E-state index contributed by atoms with van der Waals surface area (Å²) in [7, 11) is 0. The maximum Gasteiger partial charge on any atom is 0.355 e. The molecule has 0 unspecified atom stereocenters. The van der Waals surface area contributed by atoms with Crippen molar-refractivity contribution in [3.63, 3.8) is 0 Å². The highest BCUT2D eigenvalue weighted by Gasteiger charge is 2.28. The maximum atomic E-state index is 11.0. The van der Waals surface area contributed by atoms with E-state index < -0.39 is 5.97 Å². The number of hydrogen-bond donors (Lipinski definition) is 1. The van der Waals surface area contributed by atoms with Crippen molar-refractivity contribution in [1.29, 1.82) is 0 Å². The van der Waals surface area contributed by atoms with Crippen molar-refractivity contribution in [3.8, 4) is 0 Å². The number of pyridine rings is 1. The Bertz CT molecular complexity index is 595. The van der Waals surface area contributed by atoms with E-state index in [2.05, 4.69) is 20.5 Å². The van der Waals surface area contributed by atoms with Gasteiger partial charge >= 0.3 is 5.97 Å². The molecule has 1 aliphatic rings. The summed E-state index contributed by atoms with van der Waals surface area (Å²) in [5, 5.41) is 21.1. The molecule has 1 aliphatic carbocycles. The monoisotopic (exact) mass is 263 g/mol. The molecule has 1 fully saturated rings. The molecule has 1 N–H and O–H groups in total. The van der Waals surface area contributed by atoms with Crippen LogP contribution >= 0.6 is 11.8 Å². The fraction of sp³-hybridized carbons (Fsp3) is 0.300. The van der Waals surface area contributed by atoms with Crippen LogP contribution in [0.1, 0.15) is 29.4 Å². The van der Waals surface area contributed by atoms with Crippen LogP contribution in [-0.4, -0.2) is 36.3 Å². The molecule has 18 heavy (non-hydrogen) atoms. The second-order valence-corrected chi connectivity index (χ2v) is 4.90. The largest absolute Gasteiger partial charge is 0.476 e. The van der Waals surface area contributed by atoms with Crippen LogP contribution in [0.4, 0.5) is 0 Å². The fourth-order valence-corrected chi connectivity index (χ4v) is 2.47. The molecule has 1 saturated carbocycles. The summed E-state index contributed by atoms with van der Waals surface area (Å²) in [6, 6.07) is 3.75. The second-order valence-electron chi connectivity index (χ2n) is 3.89. The molecular weight excluding hydrogens is 254 g/mol. The molecule has 0 bridgehead atoms. The minimum atomic E-state index is -1.05. The lowest BCUT2D eigenvalue weighted by molar-refractivity contribution is 0.0686. The molecule has 8 heteroatoms. The van der Waals surface area contributed by atoms with Crippen LogP contribution in [0.15, 0.2) is 28.4 Å². The topological polar surface area (TPSA) is 93.8 Å². The van der Waals surface area contributed by atoms with Crippen molar-refractivity contribution in [3.05, 3.63) is 24.0 Å². The lowest BCUT2D eigenvalue weighted by Crippen LogP contribution is -2.03. The summed E-state index contributed by atoms with van der Waals surface area (Å²) in [6.07, 6.45) is 3.59. The summed E-state index contributed by atoms with van der Waals surface area (Å²) in [5.41, 5.74) is 0.0212. The molecule has 0 saturated heterocycles. The number of carboxylic acid groups (broad SMARTS) is 1. The molecule has 0 aromatic carbocycles. The van der Waals surface area contributed by atoms with Gasteiger partial charge in [-0.2, -0.15) is 0 Å². The van der Waals surface area contributed by atoms with E-state index in [1.165, 1.54) is 18.0 Å². The Morgan fingerprint density at radius 1 is 1.50 bits per heavy atom. The molecular formula is C10H9N5O2S. The third-order valence-electron chi connectivity index (χ3n) is 2.53. The van der Waals surface area contributed by atoms with Crippen LogP contribution in [0, 0.1) is 0 Å². The average Bonchev–Trinajstić information content (AvgIpc) is 3.11. The number of hydrogen-bond acceptors (Lipinski definition) is 6. The highest BCUT2D eigenvalue weighted by atomic mass is 32.2. The maximum absolute atomic E-state index is 11.0. The third kappa shape index (κ3) is 2.06. The van der Waals surface area contributed by atoms with Gasteiger partial charge in [-0.15, -0.1) is 5.10 Å². The standard InChI is InChI=1S/C10H9N5O2S/c16-9(17)8-7(2-1-5-11-8)18-10-12-13-14-15(10)6-3-4-6/h1-2,5-6H,3-4H2,(H,16,17). The highest BCUT2D eigenvalue weighted by Crippen LogP contribution is 2.38. The van der Waals surface area contributed by atoms with Crippen molar-refractivity contribution >= 4 is 17.7 Å². The normalized spacial score (nSPS) is 14.7. The summed E-state index contributed by atoms with van der Waals surface area (Å²) in [5.74, 6) is -1.05. The molecule has 0 radical (unpaired) electrons. The van der Waals surface area contributed by atoms with Crippen LogP contribution in [0.25, 0.3) is 0 Å². The average molecular weight is 263 g/mol. The Morgan fingerprint density at radius 3 is 3.06 bits per heavy atom. The van der Waals surface area contributed by atoms with E-state index in [0.717, 1.165) is 12.8 Å². The van der Waals surface area contributed by atoms with E-state index in [1.54, 1.807) is 16.8 Å². The number of rotatable bonds is 4. The number of tetrazole rings is 1. The molecule has 3 rings (SSSR count). The van der Waals surface area contributed by atoms with Crippen LogP contribution in [-0.2, 0) is 0 Å². The van der Waals surface area contributed by atoms with Gasteiger partial charge in [-0.3, -0.25) is 0 Å². The van der Waals surface area contributed by atoms with Crippen molar-refractivity contribution in [2.75, 3.05) is 0 Å².